The van der Waals surface area contributed by atoms with E-state index in [0.717, 1.165) is 22.5 Å². The Morgan fingerprint density at radius 3 is 2.28 bits per heavy atom. The van der Waals surface area contributed by atoms with Crippen LogP contribution in [-0.4, -0.2) is 47.8 Å². The molecule has 1 aliphatic heterocycles. The third-order valence-corrected chi connectivity index (χ3v) is 5.86. The van der Waals surface area contributed by atoms with Gasteiger partial charge in [-0.2, -0.15) is 0 Å². The summed E-state index contributed by atoms with van der Waals surface area (Å²) in [7, 11) is 0. The van der Waals surface area contributed by atoms with Crippen LogP contribution < -0.4 is 0 Å². The third kappa shape index (κ3) is 4.17. The van der Waals surface area contributed by atoms with Crippen LogP contribution in [0.25, 0.3) is 22.3 Å². The first-order valence-corrected chi connectivity index (χ1v) is 10.9. The van der Waals surface area contributed by atoms with Crippen molar-refractivity contribution in [2.24, 2.45) is 0 Å². The normalized spacial score (nSPS) is 14.1. The number of furan rings is 2. The van der Waals surface area contributed by atoms with Crippen LogP contribution in [0.15, 0.2) is 81.6 Å². The average molecular weight is 428 g/mol. The second-order valence-electron chi connectivity index (χ2n) is 7.95. The van der Waals surface area contributed by atoms with Gasteiger partial charge in [0.05, 0.1) is 0 Å². The molecule has 3 heterocycles. The fourth-order valence-electron chi connectivity index (χ4n) is 4.06. The Hall–Kier alpha value is -3.80. The monoisotopic (exact) mass is 428 g/mol. The number of aryl methyl sites for hydroxylation is 1. The summed E-state index contributed by atoms with van der Waals surface area (Å²) in [6.07, 6.45) is 0.947. The van der Waals surface area contributed by atoms with Gasteiger partial charge in [0.2, 0.25) is 5.91 Å². The number of para-hydroxylation sites is 1. The Morgan fingerprint density at radius 1 is 0.781 bits per heavy atom. The molecule has 5 rings (SSSR count). The van der Waals surface area contributed by atoms with Gasteiger partial charge < -0.3 is 18.6 Å². The molecule has 2 aromatic heterocycles. The van der Waals surface area contributed by atoms with Gasteiger partial charge in [0.1, 0.15) is 17.1 Å². The van der Waals surface area contributed by atoms with Crippen LogP contribution in [0.5, 0.6) is 0 Å². The second-order valence-corrected chi connectivity index (χ2v) is 7.95. The van der Waals surface area contributed by atoms with Crippen molar-refractivity contribution in [3.05, 3.63) is 84.3 Å². The Morgan fingerprint density at radius 2 is 1.50 bits per heavy atom. The topological polar surface area (TPSA) is 66.9 Å². The van der Waals surface area contributed by atoms with Crippen molar-refractivity contribution in [3.8, 4) is 11.3 Å². The first-order valence-electron chi connectivity index (χ1n) is 10.9. The van der Waals surface area contributed by atoms with Crippen molar-refractivity contribution in [2.45, 2.75) is 12.8 Å². The molecule has 1 fully saturated rings. The molecular formula is C26H24N2O4. The van der Waals surface area contributed by atoms with Crippen LogP contribution in [0.4, 0.5) is 0 Å². The predicted octanol–water partition coefficient (Wildman–Crippen LogP) is 4.61. The van der Waals surface area contributed by atoms with Crippen molar-refractivity contribution in [1.29, 1.82) is 0 Å². The number of nitrogens with zero attached hydrogens (tertiary/aromatic N) is 2. The summed E-state index contributed by atoms with van der Waals surface area (Å²) >= 11 is 0. The van der Waals surface area contributed by atoms with Crippen LogP contribution in [0, 0.1) is 0 Å². The van der Waals surface area contributed by atoms with E-state index in [2.05, 4.69) is 0 Å². The molecule has 0 atom stereocenters. The number of benzene rings is 2. The molecule has 0 saturated carbocycles. The van der Waals surface area contributed by atoms with E-state index >= 15 is 0 Å². The van der Waals surface area contributed by atoms with Gasteiger partial charge in [0, 0.05) is 50.0 Å². The fourth-order valence-corrected chi connectivity index (χ4v) is 4.06. The summed E-state index contributed by atoms with van der Waals surface area (Å²) in [5.74, 6) is 1.91. The Labute approximate surface area is 186 Å². The van der Waals surface area contributed by atoms with Gasteiger partial charge in [-0.1, -0.05) is 48.5 Å². The van der Waals surface area contributed by atoms with E-state index in [1.165, 1.54) is 0 Å². The lowest BCUT2D eigenvalue weighted by Crippen LogP contribution is -2.50. The zero-order chi connectivity index (χ0) is 21.9. The van der Waals surface area contributed by atoms with Crippen molar-refractivity contribution < 1.29 is 18.4 Å². The molecule has 4 aromatic rings. The molecule has 32 heavy (non-hydrogen) atoms. The first kappa shape index (κ1) is 20.1. The number of piperazine rings is 1. The summed E-state index contributed by atoms with van der Waals surface area (Å²) in [4.78, 5) is 29.0. The number of carbonyl (C=O) groups is 2. The number of hydrogen-bond acceptors (Lipinski definition) is 4. The number of carbonyl (C=O) groups excluding carboxylic acids is 2. The van der Waals surface area contributed by atoms with E-state index < -0.39 is 0 Å². The van der Waals surface area contributed by atoms with E-state index in [4.69, 9.17) is 8.83 Å². The maximum atomic E-state index is 12.8. The maximum absolute atomic E-state index is 12.8. The highest BCUT2D eigenvalue weighted by Crippen LogP contribution is 2.23. The minimum Gasteiger partial charge on any atom is -0.461 e. The summed E-state index contributed by atoms with van der Waals surface area (Å²) in [5, 5.41) is 0.915. The average Bonchev–Trinajstić information content (AvgIpc) is 3.50. The molecule has 162 valence electrons. The maximum Gasteiger partial charge on any atom is 0.289 e. The highest BCUT2D eigenvalue weighted by molar-refractivity contribution is 5.96. The van der Waals surface area contributed by atoms with E-state index in [1.54, 1.807) is 11.0 Å². The second kappa shape index (κ2) is 8.75. The fraction of sp³-hybridized carbons (Fsp3) is 0.231. The Kier molecular flexibility index (Phi) is 5.50. The molecule has 0 aliphatic carbocycles. The van der Waals surface area contributed by atoms with Gasteiger partial charge in [-0.25, -0.2) is 0 Å². The summed E-state index contributed by atoms with van der Waals surface area (Å²) < 4.78 is 11.6. The number of amides is 2. The number of rotatable bonds is 5. The molecule has 6 nitrogen and oxygen atoms in total. The largest absolute Gasteiger partial charge is 0.461 e. The minimum atomic E-state index is -0.127. The van der Waals surface area contributed by atoms with Gasteiger partial charge in [-0.15, -0.1) is 0 Å². The molecule has 0 unspecified atom stereocenters. The third-order valence-electron chi connectivity index (χ3n) is 5.86. The molecule has 0 radical (unpaired) electrons. The molecule has 2 aromatic carbocycles. The summed E-state index contributed by atoms with van der Waals surface area (Å²) in [6.45, 7) is 2.05. The standard InChI is InChI=1S/C26H24N2O4/c29-25(13-11-21-10-12-23(31-21)19-6-2-1-3-7-19)27-14-16-28(17-15-27)26(30)24-18-20-8-4-5-9-22(20)32-24/h1-10,12,18H,11,13-17H2. The number of fused-ring (bicyclic) bond motifs is 1. The van der Waals surface area contributed by atoms with E-state index in [0.29, 0.717) is 50.4 Å². The quantitative estimate of drug-likeness (QED) is 0.466. The lowest BCUT2D eigenvalue weighted by atomic mass is 10.2. The highest BCUT2D eigenvalue weighted by atomic mass is 16.3. The van der Waals surface area contributed by atoms with Gasteiger partial charge >= 0.3 is 0 Å². The SMILES string of the molecule is O=C(CCc1ccc(-c2ccccc2)o1)N1CCN(C(=O)c2cc3ccccc3o2)CC1. The first-order chi connectivity index (χ1) is 15.7. The molecule has 2 amide bonds. The molecule has 0 bridgehead atoms. The molecular weight excluding hydrogens is 404 g/mol. The highest BCUT2D eigenvalue weighted by Gasteiger charge is 2.26. The lowest BCUT2D eigenvalue weighted by molar-refractivity contribution is -0.132. The van der Waals surface area contributed by atoms with Gasteiger partial charge in [-0.3, -0.25) is 9.59 Å². The minimum absolute atomic E-state index is 0.0819. The van der Waals surface area contributed by atoms with E-state index in [-0.39, 0.29) is 11.8 Å². The zero-order valence-electron chi connectivity index (χ0n) is 17.7. The van der Waals surface area contributed by atoms with Crippen LogP contribution in [-0.2, 0) is 11.2 Å². The van der Waals surface area contributed by atoms with Crippen LogP contribution >= 0.6 is 0 Å². The van der Waals surface area contributed by atoms with E-state index in [9.17, 15) is 9.59 Å². The van der Waals surface area contributed by atoms with Crippen LogP contribution in [0.3, 0.4) is 0 Å². The van der Waals surface area contributed by atoms with Crippen LogP contribution in [0.2, 0.25) is 0 Å². The van der Waals surface area contributed by atoms with Gasteiger partial charge in [0.25, 0.3) is 5.91 Å². The lowest BCUT2D eigenvalue weighted by Gasteiger charge is -2.34. The number of hydrogen-bond donors (Lipinski definition) is 0. The van der Waals surface area contributed by atoms with Gasteiger partial charge in [-0.05, 0) is 24.3 Å². The Bertz CT molecular complexity index is 1200. The molecule has 0 spiro atoms. The summed E-state index contributed by atoms with van der Waals surface area (Å²) in [5.41, 5.74) is 1.73. The zero-order valence-corrected chi connectivity index (χ0v) is 17.7. The summed E-state index contributed by atoms with van der Waals surface area (Å²) in [6, 6.07) is 23.1. The van der Waals surface area contributed by atoms with Crippen LogP contribution in [0.1, 0.15) is 22.7 Å². The van der Waals surface area contributed by atoms with E-state index in [1.807, 2.05) is 71.6 Å². The van der Waals surface area contributed by atoms with Crippen molar-refractivity contribution in [3.63, 3.8) is 0 Å². The molecule has 1 saturated heterocycles. The molecule has 6 heteroatoms. The van der Waals surface area contributed by atoms with Crippen molar-refractivity contribution in [1.82, 2.24) is 9.80 Å². The van der Waals surface area contributed by atoms with Gasteiger partial charge in [0.15, 0.2) is 5.76 Å². The molecule has 1 aliphatic rings. The predicted molar refractivity (Wildman–Crippen MR) is 121 cm³/mol. The van der Waals surface area contributed by atoms with Crippen molar-refractivity contribution >= 4 is 22.8 Å². The molecule has 0 N–H and O–H groups in total. The Balaban J connectivity index is 1.13. The smallest absolute Gasteiger partial charge is 0.289 e. The van der Waals surface area contributed by atoms with Crippen molar-refractivity contribution in [2.75, 3.05) is 26.2 Å².